The van der Waals surface area contributed by atoms with Crippen LogP contribution in [-0.4, -0.2) is 27.3 Å². The van der Waals surface area contributed by atoms with Crippen molar-refractivity contribution in [3.8, 4) is 11.1 Å². The third-order valence-electron chi connectivity index (χ3n) is 5.85. The number of nitrogens with one attached hydrogen (secondary N) is 1. The van der Waals surface area contributed by atoms with Gasteiger partial charge in [-0.1, -0.05) is 49.4 Å². The van der Waals surface area contributed by atoms with Crippen molar-refractivity contribution in [2.24, 2.45) is 0 Å². The highest BCUT2D eigenvalue weighted by molar-refractivity contribution is 7.08. The molecule has 5 aromatic rings. The van der Waals surface area contributed by atoms with Gasteiger partial charge in [-0.05, 0) is 64.9 Å². The summed E-state index contributed by atoms with van der Waals surface area (Å²) in [7, 11) is 0. The lowest BCUT2D eigenvalue weighted by atomic mass is 10.0. The van der Waals surface area contributed by atoms with Gasteiger partial charge in [0, 0.05) is 29.5 Å². The molecule has 0 saturated heterocycles. The number of hydrogen-bond acceptors (Lipinski definition) is 5. The third kappa shape index (κ3) is 5.23. The van der Waals surface area contributed by atoms with Crippen LogP contribution >= 0.6 is 11.3 Å². The fourth-order valence-electron chi connectivity index (χ4n) is 4.15. The standard InChI is InChI=1S/C29H26N4OS/c1-2-14-33(29(34)24-13-15-35-19-24)18-21-7-6-8-22(16-21)23-11-12-27-26(17-23)28(31-20-30-27)32-25-9-4-3-5-10-25/h3-13,15-17,19-20H,2,14,18H2,1H3,(H,30,31,32). The lowest BCUT2D eigenvalue weighted by Gasteiger charge is -2.22. The van der Waals surface area contributed by atoms with Crippen molar-refractivity contribution >= 4 is 39.7 Å². The molecule has 174 valence electrons. The van der Waals surface area contributed by atoms with Crippen LogP contribution in [0.25, 0.3) is 22.0 Å². The molecule has 3 aromatic carbocycles. The van der Waals surface area contributed by atoms with Crippen LogP contribution in [0.1, 0.15) is 29.3 Å². The van der Waals surface area contributed by atoms with Gasteiger partial charge in [-0.15, -0.1) is 0 Å². The van der Waals surface area contributed by atoms with E-state index in [-0.39, 0.29) is 5.91 Å². The smallest absolute Gasteiger partial charge is 0.254 e. The largest absolute Gasteiger partial charge is 0.340 e. The molecular formula is C29H26N4OS. The van der Waals surface area contributed by atoms with Gasteiger partial charge < -0.3 is 10.2 Å². The maximum atomic E-state index is 13.0. The van der Waals surface area contributed by atoms with Gasteiger partial charge in [0.1, 0.15) is 12.1 Å². The normalized spacial score (nSPS) is 10.9. The van der Waals surface area contributed by atoms with E-state index in [1.165, 1.54) is 0 Å². The average molecular weight is 479 g/mol. The van der Waals surface area contributed by atoms with Gasteiger partial charge in [-0.25, -0.2) is 9.97 Å². The van der Waals surface area contributed by atoms with Crippen LogP contribution < -0.4 is 5.32 Å². The lowest BCUT2D eigenvalue weighted by Crippen LogP contribution is -2.31. The van der Waals surface area contributed by atoms with Crippen LogP contribution in [-0.2, 0) is 6.54 Å². The minimum Gasteiger partial charge on any atom is -0.340 e. The van der Waals surface area contributed by atoms with E-state index in [1.54, 1.807) is 17.7 Å². The monoisotopic (exact) mass is 478 g/mol. The predicted molar refractivity (Wildman–Crippen MR) is 144 cm³/mol. The molecule has 0 radical (unpaired) electrons. The van der Waals surface area contributed by atoms with Crippen LogP contribution in [0.4, 0.5) is 11.5 Å². The van der Waals surface area contributed by atoms with Gasteiger partial charge in [-0.2, -0.15) is 11.3 Å². The quantitative estimate of drug-likeness (QED) is 0.257. The van der Waals surface area contributed by atoms with Crippen molar-refractivity contribution in [3.05, 3.63) is 107 Å². The van der Waals surface area contributed by atoms with Gasteiger partial charge in [0.05, 0.1) is 11.1 Å². The first-order chi connectivity index (χ1) is 17.2. The first-order valence-corrected chi connectivity index (χ1v) is 12.6. The topological polar surface area (TPSA) is 58.1 Å². The number of thiophene rings is 1. The van der Waals surface area contributed by atoms with Crippen LogP contribution in [0, 0.1) is 0 Å². The molecule has 0 aliphatic rings. The zero-order valence-electron chi connectivity index (χ0n) is 19.5. The first-order valence-electron chi connectivity index (χ1n) is 11.7. The van der Waals surface area contributed by atoms with Gasteiger partial charge in [0.2, 0.25) is 0 Å². The average Bonchev–Trinajstić information content (AvgIpc) is 3.44. The number of para-hydroxylation sites is 1. The Labute approximate surface area is 209 Å². The summed E-state index contributed by atoms with van der Waals surface area (Å²) in [5.41, 5.74) is 5.90. The fourth-order valence-corrected chi connectivity index (χ4v) is 4.78. The third-order valence-corrected chi connectivity index (χ3v) is 6.54. The second-order valence-electron chi connectivity index (χ2n) is 8.38. The highest BCUT2D eigenvalue weighted by Crippen LogP contribution is 2.29. The molecular weight excluding hydrogens is 452 g/mol. The molecule has 2 aromatic heterocycles. The number of carbonyl (C=O) groups excluding carboxylic acids is 1. The minimum atomic E-state index is 0.0815. The van der Waals surface area contributed by atoms with E-state index in [0.29, 0.717) is 6.54 Å². The van der Waals surface area contributed by atoms with E-state index in [0.717, 1.165) is 57.6 Å². The van der Waals surface area contributed by atoms with Gasteiger partial charge >= 0.3 is 0 Å². The highest BCUT2D eigenvalue weighted by atomic mass is 32.1. The Morgan fingerprint density at radius 3 is 2.60 bits per heavy atom. The Bertz CT molecular complexity index is 1430. The number of anilines is 2. The number of rotatable bonds is 8. The van der Waals surface area contributed by atoms with E-state index in [9.17, 15) is 4.79 Å². The summed E-state index contributed by atoms with van der Waals surface area (Å²) in [6, 6.07) is 26.5. The Kier molecular flexibility index (Phi) is 6.82. The second-order valence-corrected chi connectivity index (χ2v) is 9.16. The van der Waals surface area contributed by atoms with Crippen LogP contribution in [0.15, 0.2) is 96.0 Å². The Balaban J connectivity index is 1.44. The second kappa shape index (κ2) is 10.5. The molecule has 2 heterocycles. The van der Waals surface area contributed by atoms with Crippen molar-refractivity contribution in [1.82, 2.24) is 14.9 Å². The van der Waals surface area contributed by atoms with Gasteiger partial charge in [0.15, 0.2) is 0 Å². The molecule has 1 amide bonds. The number of benzene rings is 3. The maximum Gasteiger partial charge on any atom is 0.254 e. The molecule has 0 bridgehead atoms. The molecule has 0 spiro atoms. The summed E-state index contributed by atoms with van der Waals surface area (Å²) in [5.74, 6) is 0.854. The summed E-state index contributed by atoms with van der Waals surface area (Å²) in [4.78, 5) is 23.9. The predicted octanol–water partition coefficient (Wildman–Crippen LogP) is 7.15. The highest BCUT2D eigenvalue weighted by Gasteiger charge is 2.16. The van der Waals surface area contributed by atoms with E-state index in [1.807, 2.05) is 58.1 Å². The number of fused-ring (bicyclic) bond motifs is 1. The summed E-state index contributed by atoms with van der Waals surface area (Å²) in [6.07, 6.45) is 2.50. The van der Waals surface area contributed by atoms with E-state index in [4.69, 9.17) is 0 Å². The summed E-state index contributed by atoms with van der Waals surface area (Å²) in [6.45, 7) is 3.40. The summed E-state index contributed by atoms with van der Waals surface area (Å²) < 4.78 is 0. The summed E-state index contributed by atoms with van der Waals surface area (Å²) in [5, 5.41) is 8.23. The molecule has 1 N–H and O–H groups in total. The van der Waals surface area contributed by atoms with E-state index < -0.39 is 0 Å². The van der Waals surface area contributed by atoms with Crippen LogP contribution in [0.3, 0.4) is 0 Å². The Hall–Kier alpha value is -4.03. The molecule has 0 unspecified atom stereocenters. The fraction of sp³-hybridized carbons (Fsp3) is 0.138. The number of aromatic nitrogens is 2. The number of hydrogen-bond donors (Lipinski definition) is 1. The van der Waals surface area contributed by atoms with Crippen LogP contribution in [0.2, 0.25) is 0 Å². The Morgan fingerprint density at radius 1 is 0.943 bits per heavy atom. The molecule has 0 saturated carbocycles. The van der Waals surface area contributed by atoms with Crippen LogP contribution in [0.5, 0.6) is 0 Å². The molecule has 0 fully saturated rings. The maximum absolute atomic E-state index is 13.0. The Morgan fingerprint density at radius 2 is 1.80 bits per heavy atom. The van der Waals surface area contributed by atoms with Gasteiger partial charge in [-0.3, -0.25) is 4.79 Å². The van der Waals surface area contributed by atoms with Crippen molar-refractivity contribution < 1.29 is 4.79 Å². The summed E-state index contributed by atoms with van der Waals surface area (Å²) >= 11 is 1.55. The van der Waals surface area contributed by atoms with Crippen molar-refractivity contribution in [2.75, 3.05) is 11.9 Å². The molecule has 0 aliphatic carbocycles. The number of amides is 1. The first kappa shape index (κ1) is 22.7. The lowest BCUT2D eigenvalue weighted by molar-refractivity contribution is 0.0744. The molecule has 5 nitrogen and oxygen atoms in total. The van der Waals surface area contributed by atoms with E-state index >= 15 is 0 Å². The SMILES string of the molecule is CCCN(Cc1cccc(-c2ccc3ncnc(Nc4ccccc4)c3c2)c1)C(=O)c1ccsc1. The molecule has 0 atom stereocenters. The minimum absolute atomic E-state index is 0.0815. The van der Waals surface area contributed by atoms with Crippen molar-refractivity contribution in [3.63, 3.8) is 0 Å². The van der Waals surface area contributed by atoms with Crippen molar-refractivity contribution in [1.29, 1.82) is 0 Å². The molecule has 0 aliphatic heterocycles. The van der Waals surface area contributed by atoms with Gasteiger partial charge in [0.25, 0.3) is 5.91 Å². The molecule has 5 rings (SSSR count). The molecule has 35 heavy (non-hydrogen) atoms. The zero-order chi connectivity index (χ0) is 24.0. The van der Waals surface area contributed by atoms with E-state index in [2.05, 4.69) is 58.6 Å². The zero-order valence-corrected chi connectivity index (χ0v) is 20.3. The van der Waals surface area contributed by atoms with Crippen molar-refractivity contribution in [2.45, 2.75) is 19.9 Å². The number of nitrogens with zero attached hydrogens (tertiary/aromatic N) is 3. The molecule has 6 heteroatoms. The number of carbonyl (C=O) groups is 1.